The standard InChI is InChI=1S/C17H15Cl2N3O2/c1-11-4-2-3-5-15(11)21-16(23)9-17(24)22-20-10-12-6-7-13(18)8-14(12)19/h2-8,10H,9H2,1H3,(H,21,23)(H,22,24). The van der Waals surface area contributed by atoms with Gasteiger partial charge >= 0.3 is 0 Å². The molecule has 0 aliphatic heterocycles. The molecule has 0 aromatic heterocycles. The van der Waals surface area contributed by atoms with Gasteiger partial charge in [0.25, 0.3) is 0 Å². The molecular weight excluding hydrogens is 349 g/mol. The number of rotatable bonds is 5. The van der Waals surface area contributed by atoms with Crippen LogP contribution in [0.15, 0.2) is 47.6 Å². The minimum absolute atomic E-state index is 0.333. The molecule has 0 unspecified atom stereocenters. The van der Waals surface area contributed by atoms with E-state index >= 15 is 0 Å². The van der Waals surface area contributed by atoms with Crippen molar-refractivity contribution in [2.75, 3.05) is 5.32 Å². The number of carbonyl (C=O) groups excluding carboxylic acids is 2. The van der Waals surface area contributed by atoms with Crippen molar-refractivity contribution in [3.05, 3.63) is 63.6 Å². The maximum Gasteiger partial charge on any atom is 0.249 e. The Morgan fingerprint density at radius 2 is 1.88 bits per heavy atom. The molecule has 24 heavy (non-hydrogen) atoms. The van der Waals surface area contributed by atoms with Crippen LogP contribution in [0.1, 0.15) is 17.5 Å². The average Bonchev–Trinajstić information content (AvgIpc) is 2.51. The second kappa shape index (κ2) is 8.47. The van der Waals surface area contributed by atoms with Gasteiger partial charge in [0.1, 0.15) is 6.42 Å². The number of benzene rings is 2. The summed E-state index contributed by atoms with van der Waals surface area (Å²) in [4.78, 5) is 23.6. The van der Waals surface area contributed by atoms with E-state index in [1.807, 2.05) is 25.1 Å². The largest absolute Gasteiger partial charge is 0.325 e. The Hall–Kier alpha value is -2.37. The molecule has 0 radical (unpaired) electrons. The first-order valence-electron chi connectivity index (χ1n) is 7.08. The summed E-state index contributed by atoms with van der Waals surface area (Å²) in [6, 6.07) is 12.2. The Morgan fingerprint density at radius 3 is 2.58 bits per heavy atom. The molecule has 2 rings (SSSR count). The molecule has 124 valence electrons. The lowest BCUT2D eigenvalue weighted by Crippen LogP contribution is -2.24. The van der Waals surface area contributed by atoms with Crippen LogP contribution in [0.5, 0.6) is 0 Å². The van der Waals surface area contributed by atoms with Gasteiger partial charge in [-0.3, -0.25) is 9.59 Å². The summed E-state index contributed by atoms with van der Waals surface area (Å²) >= 11 is 11.8. The highest BCUT2D eigenvalue weighted by atomic mass is 35.5. The molecule has 0 fully saturated rings. The molecule has 0 spiro atoms. The Kier molecular flexibility index (Phi) is 6.35. The smallest absolute Gasteiger partial charge is 0.249 e. The number of amides is 2. The summed E-state index contributed by atoms with van der Waals surface area (Å²) in [7, 11) is 0. The van der Waals surface area contributed by atoms with E-state index in [0.717, 1.165) is 5.56 Å². The third kappa shape index (κ3) is 5.37. The highest BCUT2D eigenvalue weighted by Gasteiger charge is 2.10. The molecule has 0 bridgehead atoms. The van der Waals surface area contributed by atoms with Gasteiger partial charge < -0.3 is 5.32 Å². The molecular formula is C17H15Cl2N3O2. The van der Waals surface area contributed by atoms with Gasteiger partial charge in [-0.15, -0.1) is 0 Å². The van der Waals surface area contributed by atoms with Crippen LogP contribution < -0.4 is 10.7 Å². The van der Waals surface area contributed by atoms with Crippen LogP contribution in [0.2, 0.25) is 10.0 Å². The van der Waals surface area contributed by atoms with Crippen molar-refractivity contribution in [1.82, 2.24) is 5.43 Å². The lowest BCUT2D eigenvalue weighted by molar-refractivity contribution is -0.126. The minimum atomic E-state index is -0.526. The molecule has 0 atom stereocenters. The second-order valence-electron chi connectivity index (χ2n) is 5.00. The molecule has 2 aromatic rings. The van der Waals surface area contributed by atoms with E-state index in [-0.39, 0.29) is 6.42 Å². The first-order chi connectivity index (χ1) is 11.5. The van der Waals surface area contributed by atoms with Crippen LogP contribution >= 0.6 is 23.2 Å². The zero-order valence-electron chi connectivity index (χ0n) is 12.8. The number of carbonyl (C=O) groups is 2. The second-order valence-corrected chi connectivity index (χ2v) is 5.84. The van der Waals surface area contributed by atoms with E-state index in [1.54, 1.807) is 24.3 Å². The Labute approximate surface area is 149 Å². The van der Waals surface area contributed by atoms with Gasteiger partial charge in [0.2, 0.25) is 11.8 Å². The molecule has 2 amide bonds. The van der Waals surface area contributed by atoms with Crippen LogP contribution in [0.3, 0.4) is 0 Å². The molecule has 0 aliphatic rings. The van der Waals surface area contributed by atoms with Gasteiger partial charge in [-0.2, -0.15) is 5.10 Å². The maximum absolute atomic E-state index is 11.8. The van der Waals surface area contributed by atoms with Gasteiger partial charge in [0, 0.05) is 16.3 Å². The number of hydrogen-bond donors (Lipinski definition) is 2. The zero-order valence-corrected chi connectivity index (χ0v) is 14.4. The molecule has 2 aromatic carbocycles. The van der Waals surface area contributed by atoms with E-state index in [1.165, 1.54) is 6.21 Å². The van der Waals surface area contributed by atoms with Crippen molar-refractivity contribution in [2.24, 2.45) is 5.10 Å². The monoisotopic (exact) mass is 363 g/mol. The number of hydrazone groups is 1. The summed E-state index contributed by atoms with van der Waals surface area (Å²) < 4.78 is 0. The summed E-state index contributed by atoms with van der Waals surface area (Å²) in [5, 5.41) is 7.38. The summed E-state index contributed by atoms with van der Waals surface area (Å²) in [6.07, 6.45) is 1.05. The summed E-state index contributed by atoms with van der Waals surface area (Å²) in [5.41, 5.74) is 4.48. The van der Waals surface area contributed by atoms with Crippen molar-refractivity contribution < 1.29 is 9.59 Å². The third-order valence-corrected chi connectivity index (χ3v) is 3.66. The Bertz CT molecular complexity index is 791. The number of nitrogens with one attached hydrogen (secondary N) is 2. The topological polar surface area (TPSA) is 70.6 Å². The predicted octanol–water partition coefficient (Wildman–Crippen LogP) is 3.78. The average molecular weight is 364 g/mol. The quantitative estimate of drug-likeness (QED) is 0.482. The van der Waals surface area contributed by atoms with Gasteiger partial charge in [-0.25, -0.2) is 5.43 Å². The first-order valence-corrected chi connectivity index (χ1v) is 7.84. The maximum atomic E-state index is 11.8. The number of nitrogens with zero attached hydrogens (tertiary/aromatic N) is 1. The number of anilines is 1. The normalized spacial score (nSPS) is 10.6. The minimum Gasteiger partial charge on any atom is -0.325 e. The highest BCUT2D eigenvalue weighted by Crippen LogP contribution is 2.19. The number of para-hydroxylation sites is 1. The number of halogens is 2. The van der Waals surface area contributed by atoms with Crippen molar-refractivity contribution in [1.29, 1.82) is 0 Å². The lowest BCUT2D eigenvalue weighted by atomic mass is 10.2. The fourth-order valence-corrected chi connectivity index (χ4v) is 2.33. The molecule has 0 aliphatic carbocycles. The van der Waals surface area contributed by atoms with Crippen LogP contribution in [0.25, 0.3) is 0 Å². The van der Waals surface area contributed by atoms with E-state index in [0.29, 0.717) is 21.3 Å². The number of hydrogen-bond acceptors (Lipinski definition) is 3. The van der Waals surface area contributed by atoms with Crippen LogP contribution in [-0.2, 0) is 9.59 Å². The molecule has 7 heteroatoms. The van der Waals surface area contributed by atoms with Gasteiger partial charge in [0.15, 0.2) is 0 Å². The van der Waals surface area contributed by atoms with Crippen LogP contribution in [-0.4, -0.2) is 18.0 Å². The van der Waals surface area contributed by atoms with Crippen LogP contribution in [0.4, 0.5) is 5.69 Å². The summed E-state index contributed by atoms with van der Waals surface area (Å²) in [6.45, 7) is 1.87. The van der Waals surface area contributed by atoms with E-state index in [4.69, 9.17) is 23.2 Å². The van der Waals surface area contributed by atoms with Gasteiger partial charge in [-0.05, 0) is 30.7 Å². The first kappa shape index (κ1) is 18.0. The fraction of sp³-hybridized carbons (Fsp3) is 0.118. The SMILES string of the molecule is Cc1ccccc1NC(=O)CC(=O)NN=Cc1ccc(Cl)cc1Cl. The van der Waals surface area contributed by atoms with Crippen molar-refractivity contribution >= 4 is 46.9 Å². The van der Waals surface area contributed by atoms with Crippen molar-refractivity contribution in [2.45, 2.75) is 13.3 Å². The third-order valence-electron chi connectivity index (χ3n) is 3.10. The zero-order chi connectivity index (χ0) is 17.5. The van der Waals surface area contributed by atoms with Crippen molar-refractivity contribution in [3.63, 3.8) is 0 Å². The van der Waals surface area contributed by atoms with Gasteiger partial charge in [-0.1, -0.05) is 47.5 Å². The lowest BCUT2D eigenvalue weighted by Gasteiger charge is -2.07. The number of aryl methyl sites for hydroxylation is 1. The van der Waals surface area contributed by atoms with E-state index < -0.39 is 11.8 Å². The van der Waals surface area contributed by atoms with E-state index in [2.05, 4.69) is 15.8 Å². The summed E-state index contributed by atoms with van der Waals surface area (Å²) in [5.74, 6) is -0.941. The molecule has 5 nitrogen and oxygen atoms in total. The van der Waals surface area contributed by atoms with Crippen molar-refractivity contribution in [3.8, 4) is 0 Å². The van der Waals surface area contributed by atoms with Crippen LogP contribution in [0, 0.1) is 6.92 Å². The Balaban J connectivity index is 1.85. The Morgan fingerprint density at radius 1 is 1.12 bits per heavy atom. The fourth-order valence-electron chi connectivity index (χ4n) is 1.87. The van der Waals surface area contributed by atoms with E-state index in [9.17, 15) is 9.59 Å². The highest BCUT2D eigenvalue weighted by molar-refractivity contribution is 6.36. The molecule has 0 saturated carbocycles. The molecule has 0 heterocycles. The predicted molar refractivity (Wildman–Crippen MR) is 96.6 cm³/mol. The van der Waals surface area contributed by atoms with Gasteiger partial charge in [0.05, 0.1) is 11.2 Å². The molecule has 0 saturated heterocycles. The molecule has 2 N–H and O–H groups in total.